The highest BCUT2D eigenvalue weighted by atomic mass is 16.5. The van der Waals surface area contributed by atoms with Crippen molar-refractivity contribution < 1.29 is 23.9 Å². The molecule has 6 atom stereocenters. The zero-order valence-corrected chi connectivity index (χ0v) is 23.5. The van der Waals surface area contributed by atoms with Crippen molar-refractivity contribution in [3.8, 4) is 0 Å². The lowest BCUT2D eigenvalue weighted by molar-refractivity contribution is -0.148. The van der Waals surface area contributed by atoms with Gasteiger partial charge < -0.3 is 13.9 Å². The summed E-state index contributed by atoms with van der Waals surface area (Å²) in [6.07, 6.45) is 13.3. The van der Waals surface area contributed by atoms with Crippen LogP contribution in [0.15, 0.2) is 53.8 Å². The van der Waals surface area contributed by atoms with Crippen molar-refractivity contribution in [2.75, 3.05) is 6.61 Å². The Morgan fingerprint density at radius 3 is 2.59 bits per heavy atom. The van der Waals surface area contributed by atoms with Gasteiger partial charge in [0.05, 0.1) is 23.4 Å². The number of ketones is 1. The van der Waals surface area contributed by atoms with Crippen molar-refractivity contribution in [2.24, 2.45) is 28.6 Å². The van der Waals surface area contributed by atoms with E-state index in [1.807, 2.05) is 28.8 Å². The fraction of sp³-hybridized carbons (Fsp3) is 0.545. The highest BCUT2D eigenvalue weighted by molar-refractivity contribution is 6.12. The number of allylic oxidation sites excluding steroid dienone is 3. The van der Waals surface area contributed by atoms with Gasteiger partial charge in [-0.15, -0.1) is 0 Å². The molecule has 0 aliphatic heterocycles. The van der Waals surface area contributed by atoms with Crippen LogP contribution in [0.5, 0.6) is 0 Å². The minimum absolute atomic E-state index is 0.000899. The highest BCUT2D eigenvalue weighted by Crippen LogP contribution is 2.65. The van der Waals surface area contributed by atoms with Crippen molar-refractivity contribution >= 4 is 23.2 Å². The smallest absolute Gasteiger partial charge is 0.340 e. The number of fused-ring (bicyclic) bond motifs is 6. The first-order valence-electron chi connectivity index (χ1n) is 14.6. The van der Waals surface area contributed by atoms with Crippen LogP contribution in [-0.2, 0) is 14.3 Å². The Labute approximate surface area is 230 Å². The van der Waals surface area contributed by atoms with Gasteiger partial charge in [0.2, 0.25) is 5.78 Å². The Morgan fingerprint density at radius 2 is 1.82 bits per heavy atom. The lowest BCUT2D eigenvalue weighted by atomic mass is 9.47. The molecule has 0 bridgehead atoms. The van der Waals surface area contributed by atoms with Gasteiger partial charge in [-0.3, -0.25) is 9.59 Å². The highest BCUT2D eigenvalue weighted by Gasteiger charge is 2.57. The average Bonchev–Trinajstić information content (AvgIpc) is 3.47. The first-order chi connectivity index (χ1) is 18.7. The van der Waals surface area contributed by atoms with Gasteiger partial charge in [-0.1, -0.05) is 37.6 Å². The van der Waals surface area contributed by atoms with E-state index in [0.29, 0.717) is 41.1 Å². The maximum Gasteiger partial charge on any atom is 0.340 e. The third-order valence-electron chi connectivity index (χ3n) is 10.6. The first-order valence-corrected chi connectivity index (χ1v) is 14.6. The quantitative estimate of drug-likeness (QED) is 0.244. The molecule has 0 spiro atoms. The van der Waals surface area contributed by atoms with E-state index in [-0.39, 0.29) is 28.7 Å². The summed E-state index contributed by atoms with van der Waals surface area (Å²) in [7, 11) is 0. The molecule has 0 N–H and O–H groups in total. The van der Waals surface area contributed by atoms with E-state index >= 15 is 0 Å². The van der Waals surface area contributed by atoms with Crippen LogP contribution in [0.2, 0.25) is 0 Å². The molecule has 2 fully saturated rings. The maximum absolute atomic E-state index is 14.2. The fourth-order valence-electron chi connectivity index (χ4n) is 8.72. The number of aromatic nitrogens is 1. The number of hydrogen-bond donors (Lipinski definition) is 0. The summed E-state index contributed by atoms with van der Waals surface area (Å²) < 4.78 is 12.7. The van der Waals surface area contributed by atoms with Crippen molar-refractivity contribution in [2.45, 2.75) is 78.7 Å². The monoisotopic (exact) mass is 529 g/mol. The van der Waals surface area contributed by atoms with Gasteiger partial charge in [0.1, 0.15) is 6.10 Å². The standard InChI is InChI=1S/C33H39NO5/c1-5-38-31(37)24-19-29(34-17-7-6-8-28(24)34)30(36)27-12-11-25-23-10-9-21-18-22(39-20(2)35)13-15-32(21,3)26(23)14-16-33(25,27)4/h6-9,12,17,19,22-23,25-26H,5,10-11,13-16,18H2,1-4H3/t22-,23-,25-,26-,32-,33-/m0/s1. The molecule has 6 nitrogen and oxygen atoms in total. The average molecular weight is 530 g/mol. The van der Waals surface area contributed by atoms with Gasteiger partial charge in [-0.2, -0.15) is 0 Å². The van der Waals surface area contributed by atoms with Crippen LogP contribution in [0, 0.1) is 28.6 Å². The van der Waals surface area contributed by atoms with E-state index in [1.165, 1.54) is 12.5 Å². The van der Waals surface area contributed by atoms with Crippen LogP contribution in [-0.4, -0.2) is 34.8 Å². The van der Waals surface area contributed by atoms with E-state index in [2.05, 4.69) is 26.0 Å². The molecule has 2 saturated carbocycles. The molecule has 6 rings (SSSR count). The number of Topliss-reactive ketones (excluding diaryl/α,β-unsaturated/α-hetero) is 1. The van der Waals surface area contributed by atoms with E-state index < -0.39 is 5.97 Å². The van der Waals surface area contributed by atoms with Gasteiger partial charge in [-0.05, 0) is 92.2 Å². The topological polar surface area (TPSA) is 74.1 Å². The van der Waals surface area contributed by atoms with Gasteiger partial charge >= 0.3 is 11.9 Å². The summed E-state index contributed by atoms with van der Waals surface area (Å²) in [5.74, 6) is 0.976. The van der Waals surface area contributed by atoms with Gasteiger partial charge in [0.25, 0.3) is 0 Å². The number of rotatable bonds is 5. The van der Waals surface area contributed by atoms with E-state index in [1.54, 1.807) is 13.0 Å². The molecule has 2 aromatic heterocycles. The minimum Gasteiger partial charge on any atom is -0.462 e. The summed E-state index contributed by atoms with van der Waals surface area (Å²) >= 11 is 0. The molecular weight excluding hydrogens is 490 g/mol. The van der Waals surface area contributed by atoms with Crippen LogP contribution in [0.25, 0.3) is 5.52 Å². The zero-order chi connectivity index (χ0) is 27.5. The molecule has 4 aliphatic carbocycles. The summed E-state index contributed by atoms with van der Waals surface area (Å²) in [5, 5.41) is 0. The molecule has 0 aromatic carbocycles. The van der Waals surface area contributed by atoms with Crippen LogP contribution in [0.3, 0.4) is 0 Å². The van der Waals surface area contributed by atoms with Crippen LogP contribution < -0.4 is 0 Å². The van der Waals surface area contributed by atoms with E-state index in [0.717, 1.165) is 50.5 Å². The van der Waals surface area contributed by atoms with Crippen LogP contribution >= 0.6 is 0 Å². The second kappa shape index (κ2) is 9.50. The predicted molar refractivity (Wildman–Crippen MR) is 148 cm³/mol. The molecular formula is C33H39NO5. The molecule has 0 radical (unpaired) electrons. The number of ether oxygens (including phenoxy) is 2. The minimum atomic E-state index is -0.397. The Morgan fingerprint density at radius 1 is 1.03 bits per heavy atom. The van der Waals surface area contributed by atoms with Crippen LogP contribution in [0.1, 0.15) is 93.5 Å². The normalized spacial score (nSPS) is 33.3. The molecule has 0 saturated heterocycles. The number of esters is 2. The second-order valence-corrected chi connectivity index (χ2v) is 12.5. The Kier molecular flexibility index (Phi) is 6.35. The largest absolute Gasteiger partial charge is 0.462 e. The lowest BCUT2D eigenvalue weighted by Gasteiger charge is -2.57. The number of carbonyl (C=O) groups is 3. The molecule has 6 heteroatoms. The summed E-state index contributed by atoms with van der Waals surface area (Å²) in [6.45, 7) is 8.31. The molecule has 2 aromatic rings. The second-order valence-electron chi connectivity index (χ2n) is 12.5. The predicted octanol–water partition coefficient (Wildman–Crippen LogP) is 6.73. The van der Waals surface area contributed by atoms with E-state index in [4.69, 9.17) is 9.47 Å². The lowest BCUT2D eigenvalue weighted by Crippen LogP contribution is -2.50. The molecule has 39 heavy (non-hydrogen) atoms. The Balaban J connectivity index is 1.28. The zero-order valence-electron chi connectivity index (χ0n) is 23.5. The number of pyridine rings is 1. The summed E-state index contributed by atoms with van der Waals surface area (Å²) in [6, 6.07) is 7.35. The van der Waals surface area contributed by atoms with Gasteiger partial charge in [0.15, 0.2) is 0 Å². The van der Waals surface area contributed by atoms with Crippen molar-refractivity contribution in [1.29, 1.82) is 0 Å². The van der Waals surface area contributed by atoms with Crippen molar-refractivity contribution in [3.05, 3.63) is 65.0 Å². The van der Waals surface area contributed by atoms with Crippen molar-refractivity contribution in [3.63, 3.8) is 0 Å². The number of hydrogen-bond acceptors (Lipinski definition) is 5. The third kappa shape index (κ3) is 4.01. The van der Waals surface area contributed by atoms with Gasteiger partial charge in [0, 0.05) is 25.1 Å². The fourth-order valence-corrected chi connectivity index (χ4v) is 8.72. The first kappa shape index (κ1) is 26.1. The number of carbonyl (C=O) groups excluding carboxylic acids is 3. The number of nitrogens with zero attached hydrogens (tertiary/aromatic N) is 1. The molecule has 0 amide bonds. The molecule has 4 aliphatic rings. The van der Waals surface area contributed by atoms with Gasteiger partial charge in [-0.25, -0.2) is 4.79 Å². The Bertz CT molecular complexity index is 1410. The molecule has 206 valence electrons. The molecule has 0 unspecified atom stereocenters. The summed E-state index contributed by atoms with van der Waals surface area (Å²) in [4.78, 5) is 38.5. The third-order valence-corrected chi connectivity index (χ3v) is 10.6. The van der Waals surface area contributed by atoms with Crippen LogP contribution in [0.4, 0.5) is 0 Å². The SMILES string of the molecule is CCOC(=O)c1cc(C(=O)C2=CC[C@H]3[C@@H]4CC=C5C[C@@H](OC(C)=O)CC[C@]5(C)[C@H]4CC[C@]23C)n2ccccc12. The van der Waals surface area contributed by atoms with Crippen molar-refractivity contribution in [1.82, 2.24) is 4.40 Å². The molecule has 2 heterocycles. The summed E-state index contributed by atoms with van der Waals surface area (Å²) in [5.41, 5.74) is 4.00. The Hall–Kier alpha value is -3.15. The maximum atomic E-state index is 14.2. The van der Waals surface area contributed by atoms with E-state index in [9.17, 15) is 14.4 Å².